The molecule has 2 aromatic rings. The molecule has 0 aliphatic heterocycles. The van der Waals surface area contributed by atoms with Gasteiger partial charge >= 0.3 is 12.6 Å². The van der Waals surface area contributed by atoms with E-state index in [0.717, 1.165) is 16.9 Å². The normalized spacial score (nSPS) is 10.4. The number of rotatable bonds is 9. The summed E-state index contributed by atoms with van der Waals surface area (Å²) in [4.78, 5) is 37.4. The van der Waals surface area contributed by atoms with E-state index in [1.807, 2.05) is 19.1 Å². The van der Waals surface area contributed by atoms with E-state index in [1.54, 1.807) is 12.1 Å². The summed E-state index contributed by atoms with van der Waals surface area (Å²) in [6.45, 7) is -1.78. The number of halogens is 2. The van der Waals surface area contributed by atoms with Crippen molar-refractivity contribution in [2.24, 2.45) is 0 Å². The molecule has 30 heavy (non-hydrogen) atoms. The van der Waals surface area contributed by atoms with Gasteiger partial charge in [0.15, 0.2) is 6.61 Å². The van der Waals surface area contributed by atoms with E-state index >= 15 is 0 Å². The molecule has 9 heteroatoms. The van der Waals surface area contributed by atoms with Crippen LogP contribution in [0, 0.1) is 0 Å². The molecular formula is C21H22F2N2O5. The summed E-state index contributed by atoms with van der Waals surface area (Å²) in [5, 5.41) is 2.75. The van der Waals surface area contributed by atoms with E-state index in [4.69, 9.17) is 4.74 Å². The Morgan fingerprint density at radius 3 is 2.37 bits per heavy atom. The monoisotopic (exact) mass is 420 g/mol. The van der Waals surface area contributed by atoms with Crippen LogP contribution in [0.2, 0.25) is 0 Å². The van der Waals surface area contributed by atoms with Crippen LogP contribution in [0.4, 0.5) is 14.5 Å². The number of hydrogen-bond acceptors (Lipinski definition) is 5. The zero-order chi connectivity index (χ0) is 22.1. The first-order valence-corrected chi connectivity index (χ1v) is 9.13. The van der Waals surface area contributed by atoms with Crippen LogP contribution in [0.5, 0.6) is 5.75 Å². The molecular weight excluding hydrogens is 398 g/mol. The highest BCUT2D eigenvalue weighted by Crippen LogP contribution is 2.16. The van der Waals surface area contributed by atoms with Gasteiger partial charge in [-0.3, -0.25) is 9.59 Å². The number of carbonyl (C=O) groups is 3. The number of ether oxygens (including phenoxy) is 2. The van der Waals surface area contributed by atoms with Crippen LogP contribution in [0.1, 0.15) is 22.8 Å². The first-order chi connectivity index (χ1) is 14.3. The first-order valence-electron chi connectivity index (χ1n) is 9.13. The third-order valence-corrected chi connectivity index (χ3v) is 4.12. The highest BCUT2D eigenvalue weighted by Gasteiger charge is 2.17. The largest absolute Gasteiger partial charge is 0.452 e. The maximum absolute atomic E-state index is 12.2. The van der Waals surface area contributed by atoms with Crippen LogP contribution in [0.15, 0.2) is 48.5 Å². The summed E-state index contributed by atoms with van der Waals surface area (Å²) in [6.07, 6.45) is 0.746. The van der Waals surface area contributed by atoms with Gasteiger partial charge in [-0.1, -0.05) is 25.1 Å². The summed E-state index contributed by atoms with van der Waals surface area (Å²) < 4.78 is 33.4. The van der Waals surface area contributed by atoms with E-state index < -0.39 is 25.1 Å². The number of nitrogens with zero attached hydrogens (tertiary/aromatic N) is 1. The quantitative estimate of drug-likeness (QED) is 0.630. The fourth-order valence-corrected chi connectivity index (χ4v) is 2.54. The molecule has 0 aliphatic rings. The Morgan fingerprint density at radius 1 is 1.07 bits per heavy atom. The second kappa shape index (κ2) is 10.9. The Kier molecular flexibility index (Phi) is 8.28. The molecule has 2 rings (SSSR count). The van der Waals surface area contributed by atoms with Crippen molar-refractivity contribution in [2.75, 3.05) is 25.5 Å². The molecule has 0 aromatic heterocycles. The maximum Gasteiger partial charge on any atom is 0.387 e. The molecule has 2 aromatic carbocycles. The smallest absolute Gasteiger partial charge is 0.387 e. The van der Waals surface area contributed by atoms with Crippen LogP contribution < -0.4 is 10.1 Å². The van der Waals surface area contributed by atoms with Crippen molar-refractivity contribution in [3.8, 4) is 5.75 Å². The van der Waals surface area contributed by atoms with E-state index in [9.17, 15) is 23.2 Å². The molecule has 0 spiro atoms. The lowest BCUT2D eigenvalue weighted by Crippen LogP contribution is -2.37. The van der Waals surface area contributed by atoms with Gasteiger partial charge in [0.2, 0.25) is 5.91 Å². The Balaban J connectivity index is 1.82. The minimum Gasteiger partial charge on any atom is -0.452 e. The molecule has 0 radical (unpaired) electrons. The summed E-state index contributed by atoms with van der Waals surface area (Å²) >= 11 is 0. The number of carbonyl (C=O) groups excluding carboxylic acids is 3. The molecule has 0 aliphatic carbocycles. The summed E-state index contributed by atoms with van der Waals surface area (Å²) in [6, 6.07) is 12.2. The Hall–Kier alpha value is -3.49. The fraction of sp³-hybridized carbons (Fsp3) is 0.286. The lowest BCUT2D eigenvalue weighted by Gasteiger charge is -2.17. The third kappa shape index (κ3) is 6.84. The van der Waals surface area contributed by atoms with E-state index in [0.29, 0.717) is 5.69 Å². The molecule has 0 heterocycles. The number of benzene rings is 2. The zero-order valence-corrected chi connectivity index (χ0v) is 16.6. The molecule has 0 fully saturated rings. The van der Waals surface area contributed by atoms with Gasteiger partial charge in [-0.05, 0) is 42.3 Å². The second-order valence-corrected chi connectivity index (χ2v) is 6.29. The van der Waals surface area contributed by atoms with Gasteiger partial charge in [0, 0.05) is 12.7 Å². The topological polar surface area (TPSA) is 84.9 Å². The van der Waals surface area contributed by atoms with E-state index in [1.165, 1.54) is 31.3 Å². The van der Waals surface area contributed by atoms with Crippen LogP contribution in [-0.4, -0.2) is 49.5 Å². The highest BCUT2D eigenvalue weighted by atomic mass is 19.3. The lowest BCUT2D eigenvalue weighted by molar-refractivity contribution is -0.136. The van der Waals surface area contributed by atoms with Gasteiger partial charge in [0.25, 0.3) is 5.91 Å². The summed E-state index contributed by atoms with van der Waals surface area (Å²) in [5.74, 6) is -1.86. The van der Waals surface area contributed by atoms with Crippen molar-refractivity contribution in [1.29, 1.82) is 0 Å². The number of anilines is 1. The number of amides is 2. The second-order valence-electron chi connectivity index (χ2n) is 6.29. The van der Waals surface area contributed by atoms with Crippen LogP contribution in [0.25, 0.3) is 0 Å². The number of nitrogens with one attached hydrogen (secondary N) is 1. The Labute approximate surface area is 172 Å². The number of hydrogen-bond donors (Lipinski definition) is 1. The van der Waals surface area contributed by atoms with Gasteiger partial charge < -0.3 is 19.7 Å². The molecule has 0 unspecified atom stereocenters. The number of para-hydroxylation sites is 1. The predicted octanol–water partition coefficient (Wildman–Crippen LogP) is 3.10. The highest BCUT2D eigenvalue weighted by molar-refractivity contribution is 5.96. The van der Waals surface area contributed by atoms with Crippen LogP contribution in [-0.2, 0) is 20.7 Å². The standard InChI is InChI=1S/C21H22F2N2O5/c1-3-14-6-4-5-7-17(14)24-18(26)12-25(2)19(27)13-29-20(28)15-8-10-16(11-9-15)30-21(22)23/h4-11,21H,3,12-13H2,1-2H3,(H,24,26). The number of esters is 1. The van der Waals surface area contributed by atoms with Crippen LogP contribution in [0.3, 0.4) is 0 Å². The molecule has 2 amide bonds. The minimum absolute atomic E-state index is 0.0704. The fourth-order valence-electron chi connectivity index (χ4n) is 2.54. The molecule has 0 saturated heterocycles. The maximum atomic E-state index is 12.2. The number of aryl methyl sites for hydroxylation is 1. The molecule has 0 bridgehead atoms. The molecule has 0 saturated carbocycles. The SMILES string of the molecule is CCc1ccccc1NC(=O)CN(C)C(=O)COC(=O)c1ccc(OC(F)F)cc1. The Morgan fingerprint density at radius 2 is 1.73 bits per heavy atom. The minimum atomic E-state index is -2.97. The first kappa shape index (κ1) is 22.8. The average Bonchev–Trinajstić information content (AvgIpc) is 2.72. The van der Waals surface area contributed by atoms with Gasteiger partial charge in [-0.25, -0.2) is 4.79 Å². The van der Waals surface area contributed by atoms with Gasteiger partial charge in [-0.15, -0.1) is 0 Å². The van der Waals surface area contributed by atoms with Crippen molar-refractivity contribution in [2.45, 2.75) is 20.0 Å². The van der Waals surface area contributed by atoms with Crippen LogP contribution >= 0.6 is 0 Å². The van der Waals surface area contributed by atoms with Gasteiger partial charge in [0.1, 0.15) is 5.75 Å². The van der Waals surface area contributed by atoms with Crippen molar-refractivity contribution in [3.63, 3.8) is 0 Å². The van der Waals surface area contributed by atoms with Crippen molar-refractivity contribution >= 4 is 23.5 Å². The molecule has 0 atom stereocenters. The van der Waals surface area contributed by atoms with Crippen molar-refractivity contribution < 1.29 is 32.6 Å². The number of likely N-dealkylation sites (N-methyl/N-ethyl adjacent to an activating group) is 1. The molecule has 1 N–H and O–H groups in total. The average molecular weight is 420 g/mol. The molecule has 7 nitrogen and oxygen atoms in total. The van der Waals surface area contributed by atoms with E-state index in [-0.39, 0.29) is 23.8 Å². The Bertz CT molecular complexity index is 887. The summed E-state index contributed by atoms with van der Waals surface area (Å²) in [7, 11) is 1.41. The predicted molar refractivity (Wildman–Crippen MR) is 105 cm³/mol. The van der Waals surface area contributed by atoms with E-state index in [2.05, 4.69) is 10.1 Å². The lowest BCUT2D eigenvalue weighted by atomic mass is 10.1. The van der Waals surface area contributed by atoms with Gasteiger partial charge in [-0.2, -0.15) is 8.78 Å². The molecule has 160 valence electrons. The summed E-state index contributed by atoms with van der Waals surface area (Å²) in [5.41, 5.74) is 1.72. The zero-order valence-electron chi connectivity index (χ0n) is 16.6. The van der Waals surface area contributed by atoms with Crippen molar-refractivity contribution in [3.05, 3.63) is 59.7 Å². The van der Waals surface area contributed by atoms with Crippen molar-refractivity contribution in [1.82, 2.24) is 4.90 Å². The number of alkyl halides is 2. The third-order valence-electron chi connectivity index (χ3n) is 4.12. The van der Waals surface area contributed by atoms with Gasteiger partial charge in [0.05, 0.1) is 12.1 Å².